The molecule has 8 heteroatoms. The molecule has 0 spiro atoms. The fourth-order valence-electron chi connectivity index (χ4n) is 0.954. The van der Waals surface area contributed by atoms with Crippen LogP contribution in [0.3, 0.4) is 0 Å². The fraction of sp³-hybridized carbons (Fsp3) is 0. The van der Waals surface area contributed by atoms with Crippen LogP contribution in [0, 0.1) is 0 Å². The van der Waals surface area contributed by atoms with E-state index >= 15 is 0 Å². The average molecular weight is 260 g/mol. The summed E-state index contributed by atoms with van der Waals surface area (Å²) in [5.74, 6) is 0.344. The molecular formula is C8H6O6P2+2. The second kappa shape index (κ2) is 4.92. The quantitative estimate of drug-likeness (QED) is 0.666. The first-order valence-electron chi connectivity index (χ1n) is 4.14. The van der Waals surface area contributed by atoms with Gasteiger partial charge in [0.05, 0.1) is 0 Å². The Morgan fingerprint density at radius 1 is 0.812 bits per heavy atom. The minimum Gasteiger partial charge on any atom is -0.227 e. The van der Waals surface area contributed by atoms with Crippen molar-refractivity contribution in [2.75, 3.05) is 0 Å². The Kier molecular flexibility index (Phi) is 3.34. The van der Waals surface area contributed by atoms with Crippen molar-refractivity contribution < 1.29 is 27.2 Å². The van der Waals surface area contributed by atoms with Gasteiger partial charge in [-0.05, 0) is 12.1 Å². The summed E-state index contributed by atoms with van der Waals surface area (Å²) >= 11 is 0. The summed E-state index contributed by atoms with van der Waals surface area (Å²) in [7, 11) is -4.71. The third-order valence-corrected chi connectivity index (χ3v) is 2.82. The lowest BCUT2D eigenvalue weighted by Crippen LogP contribution is -1.90. The molecule has 0 aliphatic carbocycles. The lowest BCUT2D eigenvalue weighted by Gasteiger charge is -1.97. The van der Waals surface area contributed by atoms with Crippen molar-refractivity contribution in [2.24, 2.45) is 0 Å². The van der Waals surface area contributed by atoms with E-state index in [0.29, 0.717) is 0 Å². The van der Waals surface area contributed by atoms with Crippen LogP contribution in [0.5, 0.6) is 11.5 Å². The second-order valence-electron chi connectivity index (χ2n) is 2.56. The first-order chi connectivity index (χ1) is 7.75. The van der Waals surface area contributed by atoms with Gasteiger partial charge >= 0.3 is 16.5 Å². The van der Waals surface area contributed by atoms with Gasteiger partial charge in [-0.15, -0.1) is 0 Å². The van der Waals surface area contributed by atoms with Gasteiger partial charge in [0.25, 0.3) is 0 Å². The number of hydrogen-bond donors (Lipinski definition) is 0. The minimum atomic E-state index is -2.36. The zero-order valence-corrected chi connectivity index (χ0v) is 9.60. The SMILES string of the molecule is O=[P+]1OC=CO[P+](=O)Oc2ccccc2O1. The average Bonchev–Trinajstić information content (AvgIpc) is 2.27. The van der Waals surface area contributed by atoms with Gasteiger partial charge in [-0.2, -0.15) is 0 Å². The largest absolute Gasteiger partial charge is 0.805 e. The van der Waals surface area contributed by atoms with Crippen LogP contribution < -0.4 is 9.05 Å². The van der Waals surface area contributed by atoms with E-state index in [0.717, 1.165) is 12.5 Å². The molecule has 0 radical (unpaired) electrons. The van der Waals surface area contributed by atoms with E-state index < -0.39 is 16.5 Å². The highest BCUT2D eigenvalue weighted by atomic mass is 31.1. The summed E-state index contributed by atoms with van der Waals surface area (Å²) in [4.78, 5) is 0. The maximum absolute atomic E-state index is 11.2. The van der Waals surface area contributed by atoms with E-state index in [1.165, 1.54) is 12.1 Å². The van der Waals surface area contributed by atoms with Crippen LogP contribution in [-0.2, 0) is 18.2 Å². The zero-order valence-electron chi connectivity index (χ0n) is 7.81. The van der Waals surface area contributed by atoms with Crippen molar-refractivity contribution >= 4 is 16.5 Å². The van der Waals surface area contributed by atoms with Gasteiger partial charge in [-0.25, -0.2) is 18.1 Å². The van der Waals surface area contributed by atoms with E-state index in [-0.39, 0.29) is 11.5 Å². The van der Waals surface area contributed by atoms with Gasteiger partial charge in [0.15, 0.2) is 12.5 Å². The smallest absolute Gasteiger partial charge is 0.227 e. The molecule has 1 heterocycles. The van der Waals surface area contributed by atoms with Crippen molar-refractivity contribution in [2.45, 2.75) is 0 Å². The molecule has 82 valence electrons. The highest BCUT2D eigenvalue weighted by Crippen LogP contribution is 2.40. The van der Waals surface area contributed by atoms with Gasteiger partial charge < -0.3 is 0 Å². The van der Waals surface area contributed by atoms with Gasteiger partial charge in [-0.1, -0.05) is 12.1 Å². The first kappa shape index (κ1) is 10.9. The fourth-order valence-corrected chi connectivity index (χ4v) is 1.96. The molecular weight excluding hydrogens is 254 g/mol. The van der Waals surface area contributed by atoms with E-state index in [1.54, 1.807) is 12.1 Å². The van der Waals surface area contributed by atoms with Crippen molar-refractivity contribution in [1.29, 1.82) is 0 Å². The van der Waals surface area contributed by atoms with Crippen LogP contribution in [0.2, 0.25) is 0 Å². The van der Waals surface area contributed by atoms with E-state index in [2.05, 4.69) is 9.05 Å². The maximum atomic E-state index is 11.2. The molecule has 1 aromatic carbocycles. The Balaban J connectivity index is 2.31. The van der Waals surface area contributed by atoms with Crippen LogP contribution in [0.4, 0.5) is 0 Å². The molecule has 2 unspecified atom stereocenters. The highest BCUT2D eigenvalue weighted by Gasteiger charge is 2.31. The van der Waals surface area contributed by atoms with Crippen LogP contribution >= 0.6 is 16.5 Å². The summed E-state index contributed by atoms with van der Waals surface area (Å²) in [5, 5.41) is 0. The maximum Gasteiger partial charge on any atom is 0.805 e. The molecule has 2 rings (SSSR count). The molecule has 1 aromatic rings. The lowest BCUT2D eigenvalue weighted by molar-refractivity contribution is 0.335. The number of rotatable bonds is 0. The monoisotopic (exact) mass is 260 g/mol. The molecule has 0 saturated heterocycles. The number of hydrogen-bond acceptors (Lipinski definition) is 6. The van der Waals surface area contributed by atoms with E-state index in [9.17, 15) is 9.13 Å². The van der Waals surface area contributed by atoms with Crippen molar-refractivity contribution in [1.82, 2.24) is 0 Å². The van der Waals surface area contributed by atoms with Crippen molar-refractivity contribution in [3.63, 3.8) is 0 Å². The van der Waals surface area contributed by atoms with Gasteiger partial charge in [-0.3, -0.25) is 0 Å². The van der Waals surface area contributed by atoms with E-state index in [1.807, 2.05) is 0 Å². The Morgan fingerprint density at radius 3 is 1.69 bits per heavy atom. The normalized spacial score (nSPS) is 19.5. The summed E-state index contributed by atoms with van der Waals surface area (Å²) in [6, 6.07) is 6.34. The number of benzene rings is 1. The summed E-state index contributed by atoms with van der Waals surface area (Å²) in [5.41, 5.74) is 0. The predicted molar refractivity (Wildman–Crippen MR) is 54.2 cm³/mol. The number of fused-ring (bicyclic) bond motifs is 1. The summed E-state index contributed by atoms with van der Waals surface area (Å²) in [6.45, 7) is 0. The van der Waals surface area contributed by atoms with Crippen LogP contribution in [0.15, 0.2) is 36.8 Å². The van der Waals surface area contributed by atoms with E-state index in [4.69, 9.17) is 9.05 Å². The third kappa shape index (κ3) is 2.69. The highest BCUT2D eigenvalue weighted by molar-refractivity contribution is 7.34. The Bertz CT molecular complexity index is 417. The summed E-state index contributed by atoms with van der Waals surface area (Å²) < 4.78 is 41.6. The van der Waals surface area contributed by atoms with Gasteiger partial charge in [0, 0.05) is 9.13 Å². The Labute approximate surface area is 92.7 Å². The second-order valence-corrected chi connectivity index (χ2v) is 4.24. The van der Waals surface area contributed by atoms with Crippen LogP contribution in [-0.4, -0.2) is 0 Å². The predicted octanol–water partition coefficient (Wildman–Crippen LogP) is 3.28. The number of para-hydroxylation sites is 2. The molecule has 0 aromatic heterocycles. The Morgan fingerprint density at radius 2 is 1.25 bits per heavy atom. The molecule has 2 atom stereocenters. The molecule has 0 saturated carbocycles. The topological polar surface area (TPSA) is 71.1 Å². The van der Waals surface area contributed by atoms with Gasteiger partial charge in [0.1, 0.15) is 0 Å². The molecule has 0 N–H and O–H groups in total. The molecule has 1 aliphatic heterocycles. The Hall–Kier alpha value is -1.64. The van der Waals surface area contributed by atoms with Crippen molar-refractivity contribution in [3.05, 3.63) is 36.8 Å². The van der Waals surface area contributed by atoms with Crippen LogP contribution in [0.25, 0.3) is 0 Å². The van der Waals surface area contributed by atoms with Gasteiger partial charge in [0.2, 0.25) is 11.5 Å². The molecule has 0 bridgehead atoms. The molecule has 16 heavy (non-hydrogen) atoms. The molecule has 6 nitrogen and oxygen atoms in total. The molecule has 1 aliphatic rings. The lowest BCUT2D eigenvalue weighted by atomic mass is 10.3. The minimum absolute atomic E-state index is 0.172. The zero-order chi connectivity index (χ0) is 11.4. The first-order valence-corrected chi connectivity index (χ1v) is 6.33. The summed E-state index contributed by atoms with van der Waals surface area (Å²) in [6.07, 6.45) is 1.95. The van der Waals surface area contributed by atoms with Crippen LogP contribution in [0.1, 0.15) is 0 Å². The standard InChI is InChI=1S/C8H6O6P2/c9-15-11-5-6-12-16(10)14-8-4-2-1-3-7(8)13-15/h1-6H/q+2. The third-order valence-electron chi connectivity index (χ3n) is 1.54. The molecule has 0 amide bonds. The molecule has 0 fully saturated rings. The van der Waals surface area contributed by atoms with Crippen molar-refractivity contribution in [3.8, 4) is 11.5 Å².